The smallest absolute Gasteiger partial charge is 0.397 e. The predicted molar refractivity (Wildman–Crippen MR) is 73.1 cm³/mol. The van der Waals surface area contributed by atoms with Gasteiger partial charge in [0.25, 0.3) is 5.91 Å². The molecule has 0 saturated carbocycles. The second kappa shape index (κ2) is 5.61. The molecule has 0 saturated heterocycles. The van der Waals surface area contributed by atoms with Crippen molar-refractivity contribution in [2.75, 3.05) is 11.1 Å². The van der Waals surface area contributed by atoms with Crippen molar-refractivity contribution in [2.45, 2.75) is 6.18 Å². The van der Waals surface area contributed by atoms with E-state index in [1.807, 2.05) is 0 Å². The Labute approximate surface area is 122 Å². The highest BCUT2D eigenvalue weighted by atomic mass is 35.5. The van der Waals surface area contributed by atoms with Crippen molar-refractivity contribution in [1.29, 1.82) is 0 Å². The maximum absolute atomic E-state index is 12.6. The van der Waals surface area contributed by atoms with Crippen LogP contribution in [0, 0.1) is 0 Å². The highest BCUT2D eigenvalue weighted by molar-refractivity contribution is 6.34. The molecule has 21 heavy (non-hydrogen) atoms. The molecule has 0 aliphatic heterocycles. The zero-order valence-electron chi connectivity index (χ0n) is 10.4. The van der Waals surface area contributed by atoms with Crippen LogP contribution in [-0.2, 0) is 6.18 Å². The van der Waals surface area contributed by atoms with Crippen LogP contribution >= 0.6 is 11.6 Å². The van der Waals surface area contributed by atoms with E-state index in [0.717, 1.165) is 18.2 Å². The summed E-state index contributed by atoms with van der Waals surface area (Å²) in [5.74, 6) is -0.741. The van der Waals surface area contributed by atoms with Crippen LogP contribution in [0.15, 0.2) is 36.5 Å². The fourth-order valence-corrected chi connectivity index (χ4v) is 1.75. The van der Waals surface area contributed by atoms with Gasteiger partial charge < -0.3 is 11.1 Å². The summed E-state index contributed by atoms with van der Waals surface area (Å²) in [4.78, 5) is 15.7. The number of carbonyl (C=O) groups is 1. The molecule has 4 nitrogen and oxygen atoms in total. The number of nitrogens with zero attached hydrogens (tertiary/aromatic N) is 1. The third kappa shape index (κ3) is 3.43. The molecule has 0 atom stereocenters. The fraction of sp³-hybridized carbons (Fsp3) is 0.0769. The number of anilines is 2. The first-order valence-electron chi connectivity index (χ1n) is 5.67. The van der Waals surface area contributed by atoms with Gasteiger partial charge in [0.1, 0.15) is 0 Å². The summed E-state index contributed by atoms with van der Waals surface area (Å²) >= 11 is 5.78. The Hall–Kier alpha value is -2.28. The summed E-state index contributed by atoms with van der Waals surface area (Å²) in [6, 6.07) is 5.62. The Bertz CT molecular complexity index is 689. The normalized spacial score (nSPS) is 11.2. The van der Waals surface area contributed by atoms with Gasteiger partial charge in [-0.25, -0.2) is 4.98 Å². The van der Waals surface area contributed by atoms with Gasteiger partial charge in [0.15, 0.2) is 5.69 Å². The van der Waals surface area contributed by atoms with Crippen LogP contribution in [-0.4, -0.2) is 10.9 Å². The summed E-state index contributed by atoms with van der Waals surface area (Å²) < 4.78 is 37.9. The molecule has 0 spiro atoms. The molecular formula is C13H9ClF3N3O. The van der Waals surface area contributed by atoms with Gasteiger partial charge in [0.2, 0.25) is 0 Å². The minimum absolute atomic E-state index is 0.0224. The standard InChI is InChI=1S/C13H9ClF3N3O/c14-8-4-3-7(13(15,16)17)6-10(8)20-12(21)11-9(18)2-1-5-19-11/h1-6H,18H2,(H,20,21). The molecule has 1 heterocycles. The van der Waals surface area contributed by atoms with Gasteiger partial charge in [-0.1, -0.05) is 11.6 Å². The van der Waals surface area contributed by atoms with Gasteiger partial charge in [-0.15, -0.1) is 0 Å². The molecule has 0 unspecified atom stereocenters. The molecule has 110 valence electrons. The summed E-state index contributed by atoms with van der Waals surface area (Å²) in [6.45, 7) is 0. The molecule has 2 rings (SSSR count). The van der Waals surface area contributed by atoms with Crippen molar-refractivity contribution in [3.63, 3.8) is 0 Å². The quantitative estimate of drug-likeness (QED) is 0.890. The first-order valence-corrected chi connectivity index (χ1v) is 6.05. The lowest BCUT2D eigenvalue weighted by molar-refractivity contribution is -0.137. The summed E-state index contributed by atoms with van der Waals surface area (Å²) in [5, 5.41) is 2.24. The van der Waals surface area contributed by atoms with E-state index >= 15 is 0 Å². The Morgan fingerprint density at radius 2 is 2.00 bits per heavy atom. The Kier molecular flexibility index (Phi) is 4.04. The molecule has 8 heteroatoms. The maximum atomic E-state index is 12.6. The number of carbonyl (C=O) groups excluding carboxylic acids is 1. The van der Waals surface area contributed by atoms with E-state index in [1.165, 1.54) is 18.3 Å². The molecule has 1 aromatic carbocycles. The third-order valence-electron chi connectivity index (χ3n) is 2.60. The van der Waals surface area contributed by atoms with Gasteiger partial charge in [-0.3, -0.25) is 4.79 Å². The van der Waals surface area contributed by atoms with Gasteiger partial charge in [0, 0.05) is 6.20 Å². The maximum Gasteiger partial charge on any atom is 0.416 e. The molecule has 0 radical (unpaired) electrons. The number of nitrogens with two attached hydrogens (primary N) is 1. The molecule has 0 fully saturated rings. The van der Waals surface area contributed by atoms with Crippen molar-refractivity contribution in [1.82, 2.24) is 4.98 Å². The second-order valence-corrected chi connectivity index (χ2v) is 4.49. The number of pyridine rings is 1. The van der Waals surface area contributed by atoms with Gasteiger partial charge in [-0.05, 0) is 30.3 Å². The van der Waals surface area contributed by atoms with E-state index in [0.29, 0.717) is 0 Å². The Morgan fingerprint density at radius 3 is 2.62 bits per heavy atom. The number of hydrogen-bond donors (Lipinski definition) is 2. The monoisotopic (exact) mass is 315 g/mol. The minimum atomic E-state index is -4.53. The number of hydrogen-bond acceptors (Lipinski definition) is 3. The van der Waals surface area contributed by atoms with Gasteiger partial charge in [0.05, 0.1) is 22.0 Å². The molecule has 1 amide bonds. The van der Waals surface area contributed by atoms with Crippen LogP contribution < -0.4 is 11.1 Å². The molecule has 0 aliphatic rings. The largest absolute Gasteiger partial charge is 0.416 e. The van der Waals surface area contributed by atoms with Crippen molar-refractivity contribution < 1.29 is 18.0 Å². The van der Waals surface area contributed by atoms with Crippen molar-refractivity contribution in [3.05, 3.63) is 52.8 Å². The highest BCUT2D eigenvalue weighted by Gasteiger charge is 2.31. The van der Waals surface area contributed by atoms with Gasteiger partial charge in [-0.2, -0.15) is 13.2 Å². The van der Waals surface area contributed by atoms with Crippen LogP contribution in [0.5, 0.6) is 0 Å². The summed E-state index contributed by atoms with van der Waals surface area (Å²) in [6.07, 6.45) is -3.19. The van der Waals surface area contributed by atoms with E-state index in [4.69, 9.17) is 17.3 Å². The molecule has 3 N–H and O–H groups in total. The second-order valence-electron chi connectivity index (χ2n) is 4.09. The number of rotatable bonds is 2. The van der Waals surface area contributed by atoms with Crippen molar-refractivity contribution in [2.24, 2.45) is 0 Å². The SMILES string of the molecule is Nc1cccnc1C(=O)Nc1cc(C(F)(F)F)ccc1Cl. The molecular weight excluding hydrogens is 307 g/mol. The van der Waals surface area contributed by atoms with Crippen molar-refractivity contribution >= 4 is 28.9 Å². The lowest BCUT2D eigenvalue weighted by Crippen LogP contribution is -2.16. The molecule has 2 aromatic rings. The van der Waals surface area contributed by atoms with Gasteiger partial charge >= 0.3 is 6.18 Å². The Balaban J connectivity index is 2.31. The van der Waals surface area contributed by atoms with Crippen LogP contribution in [0.25, 0.3) is 0 Å². The highest BCUT2D eigenvalue weighted by Crippen LogP contribution is 2.34. The fourth-order valence-electron chi connectivity index (χ4n) is 1.59. The summed E-state index contributed by atoms with van der Waals surface area (Å²) in [7, 11) is 0. The predicted octanol–water partition coefficient (Wildman–Crippen LogP) is 3.59. The molecule has 0 aliphatic carbocycles. The number of nitrogens with one attached hydrogen (secondary N) is 1. The first-order chi connectivity index (χ1) is 9.79. The number of alkyl halides is 3. The van der Waals surface area contributed by atoms with Crippen LogP contribution in [0.2, 0.25) is 5.02 Å². The van der Waals surface area contributed by atoms with Crippen LogP contribution in [0.1, 0.15) is 16.1 Å². The average molecular weight is 316 g/mol. The number of amides is 1. The van der Waals surface area contributed by atoms with E-state index in [1.54, 1.807) is 0 Å². The van der Waals surface area contributed by atoms with Crippen LogP contribution in [0.3, 0.4) is 0 Å². The lowest BCUT2D eigenvalue weighted by atomic mass is 10.2. The molecule has 1 aromatic heterocycles. The average Bonchev–Trinajstić information content (AvgIpc) is 2.40. The lowest BCUT2D eigenvalue weighted by Gasteiger charge is -2.12. The minimum Gasteiger partial charge on any atom is -0.397 e. The number of aromatic nitrogens is 1. The summed E-state index contributed by atoms with van der Waals surface area (Å²) in [5.41, 5.74) is 4.51. The van der Waals surface area contributed by atoms with Crippen LogP contribution in [0.4, 0.5) is 24.5 Å². The number of nitrogen functional groups attached to an aromatic ring is 1. The zero-order valence-corrected chi connectivity index (χ0v) is 11.2. The topological polar surface area (TPSA) is 68.0 Å². The number of halogens is 4. The van der Waals surface area contributed by atoms with E-state index in [2.05, 4.69) is 10.3 Å². The van der Waals surface area contributed by atoms with E-state index in [-0.39, 0.29) is 22.1 Å². The van der Waals surface area contributed by atoms with E-state index < -0.39 is 17.6 Å². The zero-order chi connectivity index (χ0) is 15.6. The Morgan fingerprint density at radius 1 is 1.29 bits per heavy atom. The molecule has 0 bridgehead atoms. The first kappa shape index (κ1) is 15.1. The van der Waals surface area contributed by atoms with E-state index in [9.17, 15) is 18.0 Å². The number of benzene rings is 1. The third-order valence-corrected chi connectivity index (χ3v) is 2.93. The van der Waals surface area contributed by atoms with Crippen molar-refractivity contribution in [3.8, 4) is 0 Å².